The Kier molecular flexibility index (Phi) is 4.67. The van der Waals surface area contributed by atoms with Gasteiger partial charge in [-0.1, -0.05) is 60.2 Å². The summed E-state index contributed by atoms with van der Waals surface area (Å²) in [4.78, 5) is 26.3. The van der Waals surface area contributed by atoms with Gasteiger partial charge in [0.25, 0.3) is 11.7 Å². The maximum atomic E-state index is 12.6. The van der Waals surface area contributed by atoms with Gasteiger partial charge in [-0.15, -0.1) is 0 Å². The van der Waals surface area contributed by atoms with Gasteiger partial charge in [-0.05, 0) is 12.5 Å². The number of amides is 1. The van der Waals surface area contributed by atoms with Gasteiger partial charge in [-0.2, -0.15) is 0 Å². The molecule has 1 fully saturated rings. The largest absolute Gasteiger partial charge is 0.507 e. The highest BCUT2D eigenvalue weighted by Gasteiger charge is 2.45. The summed E-state index contributed by atoms with van der Waals surface area (Å²) in [5.41, 5.74) is 2.27. The highest BCUT2D eigenvalue weighted by molar-refractivity contribution is 6.46. The van der Waals surface area contributed by atoms with Crippen LogP contribution in [0.4, 0.5) is 0 Å². The highest BCUT2D eigenvalue weighted by Crippen LogP contribution is 2.38. The molecule has 1 saturated heterocycles. The predicted octanol–water partition coefficient (Wildman–Crippen LogP) is 2.41. The van der Waals surface area contributed by atoms with Crippen LogP contribution in [0.2, 0.25) is 0 Å². The van der Waals surface area contributed by atoms with Gasteiger partial charge in [-0.25, -0.2) is 0 Å². The van der Waals surface area contributed by atoms with Crippen molar-refractivity contribution in [2.24, 2.45) is 0 Å². The number of aryl methyl sites for hydroxylation is 1. The van der Waals surface area contributed by atoms with E-state index < -0.39 is 17.7 Å². The number of rotatable bonds is 4. The van der Waals surface area contributed by atoms with E-state index >= 15 is 0 Å². The number of β-amino-alcohol motifs (C(OH)–C–C–N with tert-alkyl or cyclic N) is 1. The average Bonchev–Trinajstić information content (AvgIpc) is 2.88. The van der Waals surface area contributed by atoms with Crippen molar-refractivity contribution in [3.05, 3.63) is 76.9 Å². The SMILES string of the molecule is Cc1ccc(/C(O)=C2\C(=O)C(=O)N(CCO)[C@H]2c2ccccc2)cc1. The van der Waals surface area contributed by atoms with E-state index in [9.17, 15) is 19.8 Å². The van der Waals surface area contributed by atoms with Crippen LogP contribution in [-0.2, 0) is 9.59 Å². The Labute approximate surface area is 145 Å². The Morgan fingerprint density at radius 1 is 1.04 bits per heavy atom. The van der Waals surface area contributed by atoms with Crippen LogP contribution in [0.1, 0.15) is 22.7 Å². The first-order chi connectivity index (χ1) is 12.0. The normalized spacial score (nSPS) is 19.4. The molecule has 1 aliphatic rings. The summed E-state index contributed by atoms with van der Waals surface area (Å²) in [6.45, 7) is 1.68. The van der Waals surface area contributed by atoms with Gasteiger partial charge in [0.05, 0.1) is 18.2 Å². The van der Waals surface area contributed by atoms with E-state index in [1.807, 2.05) is 25.1 Å². The second-order valence-electron chi connectivity index (χ2n) is 5.99. The molecular formula is C20H19NO4. The molecular weight excluding hydrogens is 318 g/mol. The lowest BCUT2D eigenvalue weighted by Crippen LogP contribution is -2.32. The minimum absolute atomic E-state index is 0.0226. The number of Topliss-reactive ketones (excluding diaryl/α,β-unsaturated/α-hetero) is 1. The molecule has 0 radical (unpaired) electrons. The molecule has 1 aliphatic heterocycles. The van der Waals surface area contributed by atoms with Crippen LogP contribution in [0.5, 0.6) is 0 Å². The van der Waals surface area contributed by atoms with Crippen molar-refractivity contribution in [1.29, 1.82) is 0 Å². The van der Waals surface area contributed by atoms with Crippen molar-refractivity contribution in [2.45, 2.75) is 13.0 Å². The van der Waals surface area contributed by atoms with E-state index in [0.717, 1.165) is 5.56 Å². The number of aliphatic hydroxyl groups excluding tert-OH is 2. The quantitative estimate of drug-likeness (QED) is 0.510. The molecule has 5 heteroatoms. The van der Waals surface area contributed by atoms with Gasteiger partial charge in [0.1, 0.15) is 5.76 Å². The fourth-order valence-corrected chi connectivity index (χ4v) is 3.07. The maximum Gasteiger partial charge on any atom is 0.295 e. The van der Waals surface area contributed by atoms with Crippen molar-refractivity contribution in [1.82, 2.24) is 4.90 Å². The second kappa shape index (κ2) is 6.91. The number of benzene rings is 2. The Morgan fingerprint density at radius 2 is 1.68 bits per heavy atom. The van der Waals surface area contributed by atoms with E-state index in [1.54, 1.807) is 36.4 Å². The van der Waals surface area contributed by atoms with Gasteiger partial charge < -0.3 is 15.1 Å². The molecule has 128 valence electrons. The predicted molar refractivity (Wildman–Crippen MR) is 93.7 cm³/mol. The summed E-state index contributed by atoms with van der Waals surface area (Å²) < 4.78 is 0. The van der Waals surface area contributed by atoms with Gasteiger partial charge in [-0.3, -0.25) is 9.59 Å². The Hall–Kier alpha value is -2.92. The summed E-state index contributed by atoms with van der Waals surface area (Å²) in [6.07, 6.45) is 0. The van der Waals surface area contributed by atoms with Crippen molar-refractivity contribution in [2.75, 3.05) is 13.2 Å². The van der Waals surface area contributed by atoms with Crippen LogP contribution in [0.15, 0.2) is 60.2 Å². The molecule has 5 nitrogen and oxygen atoms in total. The molecule has 3 rings (SSSR count). The monoisotopic (exact) mass is 337 g/mol. The number of carbonyl (C=O) groups excluding carboxylic acids is 2. The number of carbonyl (C=O) groups is 2. The molecule has 1 heterocycles. The van der Waals surface area contributed by atoms with Crippen LogP contribution < -0.4 is 0 Å². The van der Waals surface area contributed by atoms with Gasteiger partial charge in [0.15, 0.2) is 0 Å². The lowest BCUT2D eigenvalue weighted by molar-refractivity contribution is -0.140. The molecule has 1 amide bonds. The van der Waals surface area contributed by atoms with Crippen LogP contribution in [0.3, 0.4) is 0 Å². The molecule has 0 aromatic heterocycles. The Morgan fingerprint density at radius 3 is 2.28 bits per heavy atom. The lowest BCUT2D eigenvalue weighted by Gasteiger charge is -2.24. The molecule has 0 bridgehead atoms. The summed E-state index contributed by atoms with van der Waals surface area (Å²) in [5.74, 6) is -1.65. The molecule has 0 aliphatic carbocycles. The number of ketones is 1. The third kappa shape index (κ3) is 3.06. The molecule has 0 saturated carbocycles. The first-order valence-electron chi connectivity index (χ1n) is 8.06. The highest BCUT2D eigenvalue weighted by atomic mass is 16.3. The number of nitrogens with zero attached hydrogens (tertiary/aromatic N) is 1. The van der Waals surface area contributed by atoms with Crippen LogP contribution in [-0.4, -0.2) is 40.0 Å². The fraction of sp³-hybridized carbons (Fsp3) is 0.200. The second-order valence-corrected chi connectivity index (χ2v) is 5.99. The fourth-order valence-electron chi connectivity index (χ4n) is 3.07. The minimum Gasteiger partial charge on any atom is -0.507 e. The van der Waals surface area contributed by atoms with E-state index in [0.29, 0.717) is 11.1 Å². The molecule has 25 heavy (non-hydrogen) atoms. The maximum absolute atomic E-state index is 12.6. The van der Waals surface area contributed by atoms with E-state index in [4.69, 9.17) is 0 Å². The average molecular weight is 337 g/mol. The Balaban J connectivity index is 2.17. The standard InChI is InChI=1S/C20H19NO4/c1-13-7-9-15(10-8-13)18(23)16-17(14-5-3-2-4-6-14)21(11-12-22)20(25)19(16)24/h2-10,17,22-23H,11-12H2,1H3/b18-16+/t17-/m0/s1. The first-order valence-corrected chi connectivity index (χ1v) is 8.06. The van der Waals surface area contributed by atoms with E-state index in [-0.39, 0.29) is 24.5 Å². The molecule has 0 spiro atoms. The summed E-state index contributed by atoms with van der Waals surface area (Å²) >= 11 is 0. The van der Waals surface area contributed by atoms with Crippen molar-refractivity contribution >= 4 is 17.4 Å². The van der Waals surface area contributed by atoms with Gasteiger partial charge in [0, 0.05) is 12.1 Å². The van der Waals surface area contributed by atoms with Crippen molar-refractivity contribution in [3.8, 4) is 0 Å². The van der Waals surface area contributed by atoms with Crippen LogP contribution in [0.25, 0.3) is 5.76 Å². The number of hydrogen-bond donors (Lipinski definition) is 2. The number of aliphatic hydroxyl groups is 2. The number of likely N-dealkylation sites (tertiary alicyclic amines) is 1. The topological polar surface area (TPSA) is 77.8 Å². The molecule has 1 atom stereocenters. The van der Waals surface area contributed by atoms with Gasteiger partial charge >= 0.3 is 0 Å². The molecule has 0 unspecified atom stereocenters. The summed E-state index contributed by atoms with van der Waals surface area (Å²) in [7, 11) is 0. The van der Waals surface area contributed by atoms with E-state index in [1.165, 1.54) is 4.90 Å². The van der Waals surface area contributed by atoms with E-state index in [2.05, 4.69) is 0 Å². The molecule has 2 N–H and O–H groups in total. The Bertz CT molecular complexity index is 825. The first kappa shape index (κ1) is 16.9. The van der Waals surface area contributed by atoms with Crippen molar-refractivity contribution < 1.29 is 19.8 Å². The lowest BCUT2D eigenvalue weighted by atomic mass is 9.95. The van der Waals surface area contributed by atoms with Crippen LogP contribution >= 0.6 is 0 Å². The smallest absolute Gasteiger partial charge is 0.295 e. The minimum atomic E-state index is -0.736. The third-order valence-corrected chi connectivity index (χ3v) is 4.32. The third-order valence-electron chi connectivity index (χ3n) is 4.32. The molecule has 2 aromatic rings. The zero-order chi connectivity index (χ0) is 18.0. The molecule has 2 aromatic carbocycles. The zero-order valence-electron chi connectivity index (χ0n) is 13.8. The van der Waals surface area contributed by atoms with Gasteiger partial charge in [0.2, 0.25) is 0 Å². The summed E-state index contributed by atoms with van der Waals surface area (Å²) in [6, 6.07) is 15.4. The van der Waals surface area contributed by atoms with Crippen LogP contribution in [0, 0.1) is 6.92 Å². The summed E-state index contributed by atoms with van der Waals surface area (Å²) in [5, 5.41) is 20.0. The van der Waals surface area contributed by atoms with Crippen molar-refractivity contribution in [3.63, 3.8) is 0 Å². The zero-order valence-corrected chi connectivity index (χ0v) is 13.8. The number of hydrogen-bond acceptors (Lipinski definition) is 4.